The molecule has 0 aromatic carbocycles. The van der Waals surface area contributed by atoms with Gasteiger partial charge in [-0.3, -0.25) is 0 Å². The third-order valence-corrected chi connectivity index (χ3v) is 3.31. The molecule has 0 spiro atoms. The second kappa shape index (κ2) is 4.91. The second-order valence-electron chi connectivity index (χ2n) is 4.73. The topological polar surface area (TPSA) is 12.5 Å². The largest absolute Gasteiger partial charge is 0.375 e. The molecule has 0 N–H and O–H groups in total. The van der Waals surface area contributed by atoms with Crippen LogP contribution in [0.5, 0.6) is 0 Å². The minimum absolute atomic E-state index is 0.356. The molecule has 4 heteroatoms. The van der Waals surface area contributed by atoms with Crippen LogP contribution in [-0.4, -0.2) is 30.1 Å². The van der Waals surface area contributed by atoms with Crippen LogP contribution >= 0.6 is 22.6 Å². The van der Waals surface area contributed by atoms with E-state index >= 15 is 0 Å². The highest BCUT2D eigenvalue weighted by atomic mass is 33.1. The van der Waals surface area contributed by atoms with Gasteiger partial charge >= 0.3 is 0 Å². The summed E-state index contributed by atoms with van der Waals surface area (Å²) in [7, 11) is 1.52. The molecule has 1 aliphatic heterocycles. The van der Waals surface area contributed by atoms with Gasteiger partial charge in [0, 0.05) is 13.1 Å². The van der Waals surface area contributed by atoms with Crippen LogP contribution in [0.1, 0.15) is 27.2 Å². The molecule has 1 unspecified atom stereocenters. The average Bonchev–Trinajstić information content (AvgIpc) is 2.01. The lowest BCUT2D eigenvalue weighted by atomic mass is 9.89. The van der Waals surface area contributed by atoms with Gasteiger partial charge in [0.05, 0.1) is 12.7 Å². The van der Waals surface area contributed by atoms with Crippen LogP contribution in [0.2, 0.25) is 0 Å². The molecule has 0 radical (unpaired) electrons. The van der Waals surface area contributed by atoms with E-state index in [0.29, 0.717) is 11.5 Å². The summed E-state index contributed by atoms with van der Waals surface area (Å²) in [5.74, 6) is 0. The molecule has 0 amide bonds. The van der Waals surface area contributed by atoms with Crippen LogP contribution in [0.25, 0.3) is 0 Å². The molecule has 0 aromatic rings. The summed E-state index contributed by atoms with van der Waals surface area (Å²) in [6.45, 7) is 9.60. The van der Waals surface area contributed by atoms with Crippen molar-refractivity contribution >= 4 is 22.6 Å². The first kappa shape index (κ1) is 11.7. The molecule has 1 aliphatic rings. The Bertz CT molecular complexity index is 158. The van der Waals surface area contributed by atoms with E-state index in [0.717, 1.165) is 26.1 Å². The van der Waals surface area contributed by atoms with E-state index in [4.69, 9.17) is 4.74 Å². The highest BCUT2D eigenvalue weighted by Gasteiger charge is 2.24. The van der Waals surface area contributed by atoms with Crippen molar-refractivity contribution < 1.29 is 4.74 Å². The first-order chi connectivity index (χ1) is 6.01. The molecule has 0 saturated carbocycles. The van der Waals surface area contributed by atoms with Crippen LogP contribution < -0.4 is 0 Å². The van der Waals surface area contributed by atoms with Gasteiger partial charge in [-0.15, -0.1) is 0 Å². The first-order valence-corrected chi connectivity index (χ1v) is 6.52. The SMILES string of the molecule is CC(C)(C)CC1CN(SS)CCO1. The van der Waals surface area contributed by atoms with E-state index in [2.05, 4.69) is 36.7 Å². The monoisotopic (exact) mass is 221 g/mol. The van der Waals surface area contributed by atoms with Gasteiger partial charge in [0.25, 0.3) is 0 Å². The molecule has 78 valence electrons. The molecule has 0 aromatic heterocycles. The average molecular weight is 221 g/mol. The molecule has 2 nitrogen and oxygen atoms in total. The van der Waals surface area contributed by atoms with E-state index in [1.165, 1.54) is 11.0 Å². The fourth-order valence-corrected chi connectivity index (χ4v) is 2.41. The highest BCUT2D eigenvalue weighted by Crippen LogP contribution is 2.26. The number of ether oxygens (including phenoxy) is 1. The van der Waals surface area contributed by atoms with Gasteiger partial charge in [-0.2, -0.15) is 0 Å². The minimum Gasteiger partial charge on any atom is -0.375 e. The summed E-state index contributed by atoms with van der Waals surface area (Å²) in [5.41, 5.74) is 0.356. The number of hydrogen-bond donors (Lipinski definition) is 1. The Morgan fingerprint density at radius 2 is 2.23 bits per heavy atom. The number of morpholine rings is 1. The van der Waals surface area contributed by atoms with Gasteiger partial charge in [0.2, 0.25) is 0 Å². The Morgan fingerprint density at radius 1 is 1.54 bits per heavy atom. The molecule has 0 bridgehead atoms. The summed E-state index contributed by atoms with van der Waals surface area (Å²) >= 11 is 4.20. The van der Waals surface area contributed by atoms with E-state index in [1.807, 2.05) is 0 Å². The maximum Gasteiger partial charge on any atom is 0.0717 e. The Labute approximate surface area is 90.3 Å². The lowest BCUT2D eigenvalue weighted by molar-refractivity contribution is -0.0186. The predicted octanol–water partition coefficient (Wildman–Crippen LogP) is 2.62. The van der Waals surface area contributed by atoms with Crippen molar-refractivity contribution in [2.24, 2.45) is 5.41 Å². The zero-order valence-corrected chi connectivity index (χ0v) is 10.3. The molecule has 1 saturated heterocycles. The molecule has 0 aliphatic carbocycles. The van der Waals surface area contributed by atoms with E-state index < -0.39 is 0 Å². The quantitative estimate of drug-likeness (QED) is 0.437. The van der Waals surface area contributed by atoms with E-state index in [9.17, 15) is 0 Å². The maximum absolute atomic E-state index is 5.70. The van der Waals surface area contributed by atoms with Gasteiger partial charge in [-0.1, -0.05) is 32.4 Å². The lowest BCUT2D eigenvalue weighted by Gasteiger charge is -2.34. The van der Waals surface area contributed by atoms with E-state index in [-0.39, 0.29) is 0 Å². The standard InChI is InChI=1S/C9H19NOS2/c1-9(2,3)6-8-7-10(13-12)4-5-11-8/h8,12H,4-7H2,1-3H3. The smallest absolute Gasteiger partial charge is 0.0717 e. The van der Waals surface area contributed by atoms with Crippen LogP contribution in [0.15, 0.2) is 0 Å². The number of nitrogens with zero attached hydrogens (tertiary/aromatic N) is 1. The van der Waals surface area contributed by atoms with Crippen LogP contribution in [-0.2, 0) is 4.74 Å². The van der Waals surface area contributed by atoms with E-state index in [1.54, 1.807) is 0 Å². The van der Waals surface area contributed by atoms with Gasteiger partial charge in [0.1, 0.15) is 0 Å². The third-order valence-electron chi connectivity index (χ3n) is 2.06. The van der Waals surface area contributed by atoms with Crippen molar-refractivity contribution in [2.45, 2.75) is 33.3 Å². The molecule has 1 heterocycles. The minimum atomic E-state index is 0.356. The fourth-order valence-electron chi connectivity index (χ4n) is 1.57. The highest BCUT2D eigenvalue weighted by molar-refractivity contribution is 8.67. The van der Waals surface area contributed by atoms with Crippen molar-refractivity contribution in [2.75, 3.05) is 19.7 Å². The lowest BCUT2D eigenvalue weighted by Crippen LogP contribution is -2.39. The summed E-state index contributed by atoms with van der Waals surface area (Å²) in [5, 5.41) is 0. The Morgan fingerprint density at radius 3 is 2.77 bits per heavy atom. The molecular formula is C9H19NOS2. The maximum atomic E-state index is 5.70. The van der Waals surface area contributed by atoms with Gasteiger partial charge in [-0.05, 0) is 22.8 Å². The van der Waals surface area contributed by atoms with Crippen LogP contribution in [0, 0.1) is 5.41 Å². The molecule has 1 atom stereocenters. The van der Waals surface area contributed by atoms with Gasteiger partial charge in [-0.25, -0.2) is 4.31 Å². The van der Waals surface area contributed by atoms with Crippen LogP contribution in [0.4, 0.5) is 0 Å². The molecular weight excluding hydrogens is 202 g/mol. The molecule has 13 heavy (non-hydrogen) atoms. The van der Waals surface area contributed by atoms with Crippen molar-refractivity contribution in [1.29, 1.82) is 0 Å². The zero-order chi connectivity index (χ0) is 9.90. The van der Waals surface area contributed by atoms with Gasteiger partial charge < -0.3 is 4.74 Å². The van der Waals surface area contributed by atoms with Crippen LogP contribution in [0.3, 0.4) is 0 Å². The normalized spacial score (nSPS) is 26.3. The van der Waals surface area contributed by atoms with Gasteiger partial charge in [0.15, 0.2) is 0 Å². The number of thiol groups is 1. The Hall–Kier alpha value is 0.620. The summed E-state index contributed by atoms with van der Waals surface area (Å²) < 4.78 is 7.95. The number of hydrogen-bond acceptors (Lipinski definition) is 4. The molecule has 1 fully saturated rings. The Balaban J connectivity index is 2.34. The number of rotatable bonds is 2. The summed E-state index contributed by atoms with van der Waals surface area (Å²) in [6, 6.07) is 0. The van der Waals surface area contributed by atoms with Crippen molar-refractivity contribution in [3.8, 4) is 0 Å². The predicted molar refractivity (Wildman–Crippen MR) is 62.0 cm³/mol. The van der Waals surface area contributed by atoms with Crippen molar-refractivity contribution in [1.82, 2.24) is 4.31 Å². The summed E-state index contributed by atoms with van der Waals surface area (Å²) in [4.78, 5) is 0. The Kier molecular flexibility index (Phi) is 4.42. The second-order valence-corrected chi connectivity index (χ2v) is 5.90. The first-order valence-electron chi connectivity index (χ1n) is 4.69. The van der Waals surface area contributed by atoms with Crippen molar-refractivity contribution in [3.63, 3.8) is 0 Å². The zero-order valence-electron chi connectivity index (χ0n) is 8.62. The third kappa shape index (κ3) is 4.58. The van der Waals surface area contributed by atoms with Crippen molar-refractivity contribution in [3.05, 3.63) is 0 Å². The molecule has 1 rings (SSSR count). The fraction of sp³-hybridized carbons (Fsp3) is 1.00. The summed E-state index contributed by atoms with van der Waals surface area (Å²) in [6.07, 6.45) is 1.51.